The van der Waals surface area contributed by atoms with Gasteiger partial charge in [0.1, 0.15) is 6.61 Å². The van der Waals surface area contributed by atoms with Gasteiger partial charge in [-0.3, -0.25) is 10.3 Å². The van der Waals surface area contributed by atoms with Crippen LogP contribution in [0.5, 0.6) is 0 Å². The largest absolute Gasteiger partial charge is 0.471 e. The average molecular weight is 418 g/mol. The van der Waals surface area contributed by atoms with Gasteiger partial charge in [-0.15, -0.1) is 0 Å². The molecule has 1 amide bonds. The molecule has 10 heteroatoms. The van der Waals surface area contributed by atoms with E-state index in [2.05, 4.69) is 25.0 Å². The van der Waals surface area contributed by atoms with Crippen molar-refractivity contribution in [3.63, 3.8) is 0 Å². The molecule has 30 heavy (non-hydrogen) atoms. The Kier molecular flexibility index (Phi) is 5.39. The number of aromatic nitrogens is 3. The van der Waals surface area contributed by atoms with Crippen molar-refractivity contribution in [2.75, 3.05) is 5.32 Å². The summed E-state index contributed by atoms with van der Waals surface area (Å²) >= 11 is 0. The Morgan fingerprint density at radius 1 is 1.17 bits per heavy atom. The Hall–Kier alpha value is -3.43. The lowest BCUT2D eigenvalue weighted by molar-refractivity contribution is -0.159. The van der Waals surface area contributed by atoms with Gasteiger partial charge in [-0.05, 0) is 61.6 Å². The Morgan fingerprint density at radius 2 is 1.93 bits per heavy atom. The third-order valence-electron chi connectivity index (χ3n) is 4.65. The number of anilines is 1. The van der Waals surface area contributed by atoms with Crippen LogP contribution in [0.2, 0.25) is 0 Å². The zero-order valence-electron chi connectivity index (χ0n) is 15.7. The number of carbonyl (C=O) groups excluding carboxylic acids is 1. The maximum absolute atomic E-state index is 12.5. The SMILES string of the molecule is O=C(Nc1ccc(-c2noc(C(F)(F)F)n2)cc1)OCc1cnc2c(c1)CCCC2. The normalized spacial score (nSPS) is 13.6. The van der Waals surface area contributed by atoms with Crippen molar-refractivity contribution in [2.24, 2.45) is 0 Å². The van der Waals surface area contributed by atoms with E-state index in [1.807, 2.05) is 6.07 Å². The zero-order valence-corrected chi connectivity index (χ0v) is 15.7. The smallest absolute Gasteiger partial charge is 0.444 e. The molecular formula is C20H17F3N4O3. The molecule has 0 atom stereocenters. The van der Waals surface area contributed by atoms with Crippen LogP contribution in [-0.4, -0.2) is 21.2 Å². The fourth-order valence-corrected chi connectivity index (χ4v) is 3.18. The molecule has 7 nitrogen and oxygen atoms in total. The second kappa shape index (κ2) is 8.13. The van der Waals surface area contributed by atoms with E-state index in [1.54, 1.807) is 6.20 Å². The molecule has 3 aromatic rings. The molecule has 1 aliphatic rings. The van der Waals surface area contributed by atoms with E-state index in [1.165, 1.54) is 29.8 Å². The van der Waals surface area contributed by atoms with Crippen LogP contribution in [0, 0.1) is 0 Å². The summed E-state index contributed by atoms with van der Waals surface area (Å²) in [6, 6.07) is 7.95. The topological polar surface area (TPSA) is 90.1 Å². The summed E-state index contributed by atoms with van der Waals surface area (Å²) in [5.74, 6) is -1.61. The first-order chi connectivity index (χ1) is 14.4. The summed E-state index contributed by atoms with van der Waals surface area (Å²) in [5, 5.41) is 5.87. The molecule has 0 radical (unpaired) electrons. The number of amides is 1. The van der Waals surface area contributed by atoms with Crippen LogP contribution in [0.4, 0.5) is 23.7 Å². The lowest BCUT2D eigenvalue weighted by Crippen LogP contribution is -2.14. The van der Waals surface area contributed by atoms with Gasteiger partial charge in [0.25, 0.3) is 0 Å². The summed E-state index contributed by atoms with van der Waals surface area (Å²) < 4.78 is 47.1. The standard InChI is InChI=1S/C20H17F3N4O3/c21-20(22,23)18-26-17(27-30-18)13-5-7-15(8-6-13)25-19(28)29-11-12-9-14-3-1-2-4-16(14)24-10-12/h5-10H,1-4,11H2,(H,25,28). The molecule has 4 rings (SSSR count). The van der Waals surface area contributed by atoms with Gasteiger partial charge < -0.3 is 9.26 Å². The van der Waals surface area contributed by atoms with Crippen molar-refractivity contribution in [3.05, 3.63) is 59.2 Å². The highest BCUT2D eigenvalue weighted by Gasteiger charge is 2.38. The Bertz CT molecular complexity index is 1050. The number of hydrogen-bond donors (Lipinski definition) is 1. The van der Waals surface area contributed by atoms with Crippen molar-refractivity contribution in [2.45, 2.75) is 38.5 Å². The number of halogens is 3. The maximum Gasteiger partial charge on any atom is 0.471 e. The van der Waals surface area contributed by atoms with Crippen LogP contribution in [-0.2, 0) is 30.4 Å². The lowest BCUT2D eigenvalue weighted by Gasteiger charge is -2.15. The second-order valence-corrected chi connectivity index (χ2v) is 6.86. The number of aryl methyl sites for hydroxylation is 2. The van der Waals surface area contributed by atoms with E-state index >= 15 is 0 Å². The van der Waals surface area contributed by atoms with Crippen molar-refractivity contribution < 1.29 is 27.2 Å². The zero-order chi connectivity index (χ0) is 21.1. The predicted molar refractivity (Wildman–Crippen MR) is 99.4 cm³/mol. The fraction of sp³-hybridized carbons (Fsp3) is 0.300. The van der Waals surface area contributed by atoms with E-state index in [9.17, 15) is 18.0 Å². The van der Waals surface area contributed by atoms with Crippen LogP contribution in [0.15, 0.2) is 41.1 Å². The highest BCUT2D eigenvalue weighted by Crippen LogP contribution is 2.29. The number of benzene rings is 1. The number of ether oxygens (including phenoxy) is 1. The molecule has 0 saturated heterocycles. The molecule has 1 N–H and O–H groups in total. The Labute approximate surface area is 169 Å². The van der Waals surface area contributed by atoms with Gasteiger partial charge in [0.05, 0.1) is 0 Å². The minimum Gasteiger partial charge on any atom is -0.444 e. The fourth-order valence-electron chi connectivity index (χ4n) is 3.18. The number of hydrogen-bond acceptors (Lipinski definition) is 6. The minimum absolute atomic E-state index is 0.0906. The van der Waals surface area contributed by atoms with Gasteiger partial charge in [0.15, 0.2) is 0 Å². The van der Waals surface area contributed by atoms with Gasteiger partial charge in [-0.1, -0.05) is 5.16 Å². The molecule has 1 aliphatic carbocycles. The molecule has 0 aliphatic heterocycles. The van der Waals surface area contributed by atoms with E-state index in [-0.39, 0.29) is 12.4 Å². The van der Waals surface area contributed by atoms with Crippen LogP contribution in [0.3, 0.4) is 0 Å². The lowest BCUT2D eigenvalue weighted by atomic mass is 9.95. The number of fused-ring (bicyclic) bond motifs is 1. The Morgan fingerprint density at radius 3 is 2.67 bits per heavy atom. The first-order valence-corrected chi connectivity index (χ1v) is 9.30. The number of nitrogens with one attached hydrogen (secondary N) is 1. The summed E-state index contributed by atoms with van der Waals surface area (Å²) in [6.07, 6.45) is 0.605. The molecule has 0 bridgehead atoms. The third kappa shape index (κ3) is 4.58. The van der Waals surface area contributed by atoms with Crippen LogP contribution >= 0.6 is 0 Å². The van der Waals surface area contributed by atoms with Gasteiger partial charge in [-0.2, -0.15) is 18.2 Å². The molecule has 0 spiro atoms. The monoisotopic (exact) mass is 418 g/mol. The average Bonchev–Trinajstić information content (AvgIpc) is 3.23. The first-order valence-electron chi connectivity index (χ1n) is 9.30. The number of carbonyl (C=O) groups is 1. The first kappa shape index (κ1) is 19.9. The number of alkyl halides is 3. The summed E-state index contributed by atoms with van der Waals surface area (Å²) in [6.45, 7) is 0.0906. The van der Waals surface area contributed by atoms with Crippen LogP contribution in [0.25, 0.3) is 11.4 Å². The number of pyridine rings is 1. The predicted octanol–water partition coefficient (Wildman–Crippen LogP) is 4.78. The van der Waals surface area contributed by atoms with Gasteiger partial charge in [0, 0.05) is 28.7 Å². The van der Waals surface area contributed by atoms with Gasteiger partial charge in [-0.25, -0.2) is 4.79 Å². The van der Waals surface area contributed by atoms with Crippen molar-refractivity contribution >= 4 is 11.8 Å². The summed E-state index contributed by atoms with van der Waals surface area (Å²) in [5.41, 5.74) is 3.85. The van der Waals surface area contributed by atoms with E-state index < -0.39 is 18.2 Å². The molecule has 1 aromatic carbocycles. The molecule has 156 valence electrons. The summed E-state index contributed by atoms with van der Waals surface area (Å²) in [4.78, 5) is 19.8. The number of nitrogens with zero attached hydrogens (tertiary/aromatic N) is 3. The van der Waals surface area contributed by atoms with E-state index in [4.69, 9.17) is 4.74 Å². The molecule has 0 fully saturated rings. The number of rotatable bonds is 4. The quantitative estimate of drug-likeness (QED) is 0.656. The van der Waals surface area contributed by atoms with E-state index in [0.29, 0.717) is 11.3 Å². The van der Waals surface area contributed by atoms with Crippen molar-refractivity contribution in [3.8, 4) is 11.4 Å². The molecule has 0 saturated carbocycles. The van der Waals surface area contributed by atoms with Gasteiger partial charge in [0.2, 0.25) is 5.82 Å². The maximum atomic E-state index is 12.5. The van der Waals surface area contributed by atoms with Crippen LogP contribution in [0.1, 0.15) is 35.6 Å². The van der Waals surface area contributed by atoms with Crippen LogP contribution < -0.4 is 5.32 Å². The summed E-state index contributed by atoms with van der Waals surface area (Å²) in [7, 11) is 0. The van der Waals surface area contributed by atoms with Crippen molar-refractivity contribution in [1.29, 1.82) is 0 Å². The molecule has 2 heterocycles. The highest BCUT2D eigenvalue weighted by atomic mass is 19.4. The van der Waals surface area contributed by atoms with E-state index in [0.717, 1.165) is 36.9 Å². The van der Waals surface area contributed by atoms with Gasteiger partial charge >= 0.3 is 18.2 Å². The van der Waals surface area contributed by atoms with Crippen molar-refractivity contribution in [1.82, 2.24) is 15.1 Å². The molecule has 0 unspecified atom stereocenters. The highest BCUT2D eigenvalue weighted by molar-refractivity contribution is 5.84. The molecule has 2 aromatic heterocycles. The second-order valence-electron chi connectivity index (χ2n) is 6.86. The molecular weight excluding hydrogens is 401 g/mol. The minimum atomic E-state index is -4.70. The third-order valence-corrected chi connectivity index (χ3v) is 4.65. The Balaban J connectivity index is 1.33.